The van der Waals surface area contributed by atoms with Gasteiger partial charge in [-0.3, -0.25) is 14.3 Å². The molecule has 0 saturated heterocycles. The quantitative estimate of drug-likeness (QED) is 0.355. The molecule has 0 bridgehead atoms. The molecule has 2 amide bonds. The lowest BCUT2D eigenvalue weighted by molar-refractivity contribution is 0.0962. The van der Waals surface area contributed by atoms with E-state index in [1.54, 1.807) is 30.3 Å². The molecule has 0 fully saturated rings. The molecule has 0 radical (unpaired) electrons. The number of nitrogens with two attached hydrogens (primary N) is 1. The van der Waals surface area contributed by atoms with E-state index in [9.17, 15) is 14.7 Å². The number of aromatic nitrogens is 6. The summed E-state index contributed by atoms with van der Waals surface area (Å²) in [5.74, 6) is -0.170. The van der Waals surface area contributed by atoms with Gasteiger partial charge in [0.2, 0.25) is 0 Å². The van der Waals surface area contributed by atoms with Gasteiger partial charge in [-0.05, 0) is 42.0 Å². The molecule has 0 unspecified atom stereocenters. The maximum atomic E-state index is 13.7. The monoisotopic (exact) mass is 515 g/mol. The zero-order valence-electron chi connectivity index (χ0n) is 21.5. The smallest absolute Gasteiger partial charge is 0.274 e. The summed E-state index contributed by atoms with van der Waals surface area (Å²) in [6.07, 6.45) is 5.05. The van der Waals surface area contributed by atoms with Crippen LogP contribution in [0.5, 0.6) is 0 Å². The van der Waals surface area contributed by atoms with Crippen molar-refractivity contribution < 1.29 is 14.7 Å². The molecule has 0 saturated carbocycles. The molecule has 4 N–H and O–H groups in total. The zero-order valence-corrected chi connectivity index (χ0v) is 21.5. The molecule has 1 aliphatic carbocycles. The van der Waals surface area contributed by atoms with Gasteiger partial charge in [0.15, 0.2) is 11.6 Å². The highest BCUT2D eigenvalue weighted by molar-refractivity contribution is 6.07. The lowest BCUT2D eigenvalue weighted by Gasteiger charge is -2.31. The van der Waals surface area contributed by atoms with Gasteiger partial charge in [-0.25, -0.2) is 4.68 Å². The molecule has 0 atom stereocenters. The van der Waals surface area contributed by atoms with Crippen LogP contribution in [0.3, 0.4) is 0 Å². The number of hydrogen-bond acceptors (Lipinski definition) is 7. The highest BCUT2D eigenvalue weighted by Crippen LogP contribution is 2.40. The number of anilines is 3. The second-order valence-electron chi connectivity index (χ2n) is 10.7. The van der Waals surface area contributed by atoms with Crippen molar-refractivity contribution in [2.75, 3.05) is 16.8 Å². The van der Waals surface area contributed by atoms with Gasteiger partial charge in [0.05, 0.1) is 24.2 Å². The minimum Gasteiger partial charge on any atom is -0.392 e. The predicted molar refractivity (Wildman–Crippen MR) is 140 cm³/mol. The standard InChI is InChI=1S/C26H29N9O3/c1-26(2)10-15-9-20-25(38)34(8-7-33(20)21(15)11-26)18-5-4-6-19(17(18)14-36)35-12-16(23(27)37)24(30-35)28-22-13-32(3)31-29-22/h4-6,9,12-13,36H,7-8,10-11,14H2,1-3H3,(H2,27,37)(H,28,30). The summed E-state index contributed by atoms with van der Waals surface area (Å²) < 4.78 is 5.14. The van der Waals surface area contributed by atoms with Crippen LogP contribution in [0.25, 0.3) is 5.69 Å². The van der Waals surface area contributed by atoms with Crippen molar-refractivity contribution in [3.63, 3.8) is 0 Å². The van der Waals surface area contributed by atoms with Gasteiger partial charge < -0.3 is 25.6 Å². The van der Waals surface area contributed by atoms with Crippen LogP contribution < -0.4 is 16.0 Å². The number of benzene rings is 1. The first-order chi connectivity index (χ1) is 18.1. The molecule has 4 heterocycles. The zero-order chi connectivity index (χ0) is 26.8. The summed E-state index contributed by atoms with van der Waals surface area (Å²) in [7, 11) is 1.72. The van der Waals surface area contributed by atoms with Crippen LogP contribution >= 0.6 is 0 Å². The summed E-state index contributed by atoms with van der Waals surface area (Å²) in [5.41, 5.74) is 10.8. The average molecular weight is 516 g/mol. The van der Waals surface area contributed by atoms with Crippen LogP contribution in [0.4, 0.5) is 17.3 Å². The lowest BCUT2D eigenvalue weighted by Crippen LogP contribution is -2.41. The minimum atomic E-state index is -0.674. The third-order valence-electron chi connectivity index (χ3n) is 7.28. The van der Waals surface area contributed by atoms with Gasteiger partial charge in [0.1, 0.15) is 11.3 Å². The number of carbonyl (C=O) groups is 2. The molecule has 0 spiro atoms. The maximum Gasteiger partial charge on any atom is 0.274 e. The number of aliphatic hydroxyl groups excluding tert-OH is 1. The minimum absolute atomic E-state index is 0.0985. The molecular weight excluding hydrogens is 486 g/mol. The van der Waals surface area contributed by atoms with E-state index in [0.29, 0.717) is 41.5 Å². The second-order valence-corrected chi connectivity index (χ2v) is 10.7. The molecule has 4 aromatic rings. The van der Waals surface area contributed by atoms with Crippen LogP contribution in [-0.4, -0.2) is 52.8 Å². The molecule has 3 aromatic heterocycles. The van der Waals surface area contributed by atoms with E-state index < -0.39 is 5.91 Å². The molecule has 12 nitrogen and oxygen atoms in total. The van der Waals surface area contributed by atoms with Crippen LogP contribution in [0.15, 0.2) is 36.7 Å². The van der Waals surface area contributed by atoms with Gasteiger partial charge in [0.25, 0.3) is 11.8 Å². The third-order valence-corrected chi connectivity index (χ3v) is 7.28. The van der Waals surface area contributed by atoms with E-state index >= 15 is 0 Å². The van der Waals surface area contributed by atoms with Gasteiger partial charge >= 0.3 is 0 Å². The summed E-state index contributed by atoms with van der Waals surface area (Å²) in [6.45, 7) is 5.34. The molecule has 1 aliphatic heterocycles. The third kappa shape index (κ3) is 3.84. The van der Waals surface area contributed by atoms with Gasteiger partial charge in [-0.2, -0.15) is 0 Å². The summed E-state index contributed by atoms with van der Waals surface area (Å²) >= 11 is 0. The fourth-order valence-corrected chi connectivity index (χ4v) is 5.63. The van der Waals surface area contributed by atoms with E-state index in [0.717, 1.165) is 12.8 Å². The number of aliphatic hydroxyl groups is 1. The van der Waals surface area contributed by atoms with Crippen LogP contribution in [0.1, 0.15) is 51.5 Å². The Morgan fingerprint density at radius 1 is 1.18 bits per heavy atom. The molecule has 196 valence electrons. The maximum absolute atomic E-state index is 13.7. The number of primary amides is 1. The number of amides is 2. The summed E-state index contributed by atoms with van der Waals surface area (Å²) in [6, 6.07) is 7.42. The summed E-state index contributed by atoms with van der Waals surface area (Å²) in [5, 5.41) is 25.8. The lowest BCUT2D eigenvalue weighted by atomic mass is 9.90. The highest BCUT2D eigenvalue weighted by Gasteiger charge is 2.37. The first-order valence-corrected chi connectivity index (χ1v) is 12.4. The number of rotatable bonds is 6. The molecule has 38 heavy (non-hydrogen) atoms. The number of aryl methyl sites for hydroxylation is 1. The van der Waals surface area contributed by atoms with Gasteiger partial charge in [0, 0.05) is 37.6 Å². The number of nitrogens with zero attached hydrogens (tertiary/aromatic N) is 7. The van der Waals surface area contributed by atoms with Crippen molar-refractivity contribution in [2.24, 2.45) is 18.2 Å². The Kier molecular flexibility index (Phi) is 5.38. The highest BCUT2D eigenvalue weighted by atomic mass is 16.3. The van der Waals surface area contributed by atoms with Crippen LogP contribution in [-0.2, 0) is 33.0 Å². The van der Waals surface area contributed by atoms with Crippen molar-refractivity contribution in [2.45, 2.75) is 39.8 Å². The van der Waals surface area contributed by atoms with Crippen LogP contribution in [0.2, 0.25) is 0 Å². The van der Waals surface area contributed by atoms with Gasteiger partial charge in [-0.1, -0.05) is 25.1 Å². The van der Waals surface area contributed by atoms with Gasteiger partial charge in [-0.15, -0.1) is 10.2 Å². The first kappa shape index (κ1) is 23.9. The number of hydrogen-bond donors (Lipinski definition) is 3. The Balaban J connectivity index is 1.36. The Bertz CT molecular complexity index is 1590. The first-order valence-electron chi connectivity index (χ1n) is 12.4. The summed E-state index contributed by atoms with van der Waals surface area (Å²) in [4.78, 5) is 27.6. The van der Waals surface area contributed by atoms with Crippen molar-refractivity contribution >= 4 is 29.1 Å². The van der Waals surface area contributed by atoms with Crippen molar-refractivity contribution in [1.82, 2.24) is 29.3 Å². The Labute approximate surface area is 218 Å². The van der Waals surface area contributed by atoms with Crippen LogP contribution in [0, 0.1) is 5.41 Å². The molecule has 1 aromatic carbocycles. The Morgan fingerprint density at radius 2 is 1.97 bits per heavy atom. The SMILES string of the molecule is Cn1cc(Nc2nn(-c3cccc(N4CCn5c(cc6c5CC(C)(C)C6)C4=O)c3CO)cc2C(N)=O)nn1. The van der Waals surface area contributed by atoms with E-state index in [2.05, 4.69) is 39.1 Å². The Hall–Kier alpha value is -4.45. The van der Waals surface area contributed by atoms with E-state index in [4.69, 9.17) is 5.73 Å². The average Bonchev–Trinajstić information content (AvgIpc) is 3.62. The fourth-order valence-electron chi connectivity index (χ4n) is 5.63. The van der Waals surface area contributed by atoms with Crippen molar-refractivity contribution in [1.29, 1.82) is 0 Å². The van der Waals surface area contributed by atoms with E-state index in [1.807, 2.05) is 12.1 Å². The predicted octanol–water partition coefficient (Wildman–Crippen LogP) is 1.92. The molecule has 2 aliphatic rings. The molecule has 12 heteroatoms. The fraction of sp³-hybridized carbons (Fsp3) is 0.346. The topological polar surface area (TPSA) is 149 Å². The normalized spacial score (nSPS) is 16.0. The number of fused-ring (bicyclic) bond motifs is 3. The largest absolute Gasteiger partial charge is 0.392 e. The number of carbonyl (C=O) groups excluding carboxylic acids is 2. The molecule has 6 rings (SSSR count). The second kappa shape index (κ2) is 8.55. The van der Waals surface area contributed by atoms with E-state index in [1.165, 1.54) is 26.8 Å². The van der Waals surface area contributed by atoms with Crippen molar-refractivity contribution in [3.8, 4) is 5.69 Å². The number of nitrogens with one attached hydrogen (secondary N) is 1. The van der Waals surface area contributed by atoms with E-state index in [-0.39, 0.29) is 29.3 Å². The van der Waals surface area contributed by atoms with Crippen molar-refractivity contribution in [3.05, 3.63) is 64.7 Å². The molecular formula is C26H29N9O3. The Morgan fingerprint density at radius 3 is 2.68 bits per heavy atom.